The molecule has 3 nitrogen and oxygen atoms in total. The van der Waals surface area contributed by atoms with Crippen LogP contribution in [0.2, 0.25) is 0 Å². The molecule has 160 valence electrons. The SMILES string of the molecule is CCCCCCCCCCCCCCCCNC(=O)CCc1cccc(N)c1. The highest BCUT2D eigenvalue weighted by atomic mass is 16.1. The zero-order valence-corrected chi connectivity index (χ0v) is 18.3. The second-order valence-electron chi connectivity index (χ2n) is 8.19. The van der Waals surface area contributed by atoms with Gasteiger partial charge >= 0.3 is 0 Å². The molecule has 0 bridgehead atoms. The Labute approximate surface area is 173 Å². The number of hydrogen-bond acceptors (Lipinski definition) is 2. The number of carbonyl (C=O) groups is 1. The molecule has 1 rings (SSSR count). The number of rotatable bonds is 18. The van der Waals surface area contributed by atoms with Gasteiger partial charge in [0, 0.05) is 18.7 Å². The van der Waals surface area contributed by atoms with Crippen molar-refractivity contribution in [2.45, 2.75) is 110 Å². The maximum absolute atomic E-state index is 11.9. The molecule has 0 saturated heterocycles. The largest absolute Gasteiger partial charge is 0.399 e. The fraction of sp³-hybridized carbons (Fsp3) is 0.720. The summed E-state index contributed by atoms with van der Waals surface area (Å²) >= 11 is 0. The van der Waals surface area contributed by atoms with Gasteiger partial charge in [0.15, 0.2) is 0 Å². The Kier molecular flexibility index (Phi) is 15.4. The van der Waals surface area contributed by atoms with E-state index < -0.39 is 0 Å². The first-order valence-electron chi connectivity index (χ1n) is 11.8. The first-order valence-corrected chi connectivity index (χ1v) is 11.8. The molecule has 1 aromatic carbocycles. The maximum Gasteiger partial charge on any atom is 0.220 e. The zero-order chi connectivity index (χ0) is 20.3. The highest BCUT2D eigenvalue weighted by Crippen LogP contribution is 2.13. The van der Waals surface area contributed by atoms with Gasteiger partial charge in [-0.15, -0.1) is 0 Å². The van der Waals surface area contributed by atoms with Gasteiger partial charge in [-0.2, -0.15) is 0 Å². The zero-order valence-electron chi connectivity index (χ0n) is 18.3. The van der Waals surface area contributed by atoms with E-state index in [-0.39, 0.29) is 5.91 Å². The van der Waals surface area contributed by atoms with Crippen LogP contribution in [-0.2, 0) is 11.2 Å². The predicted octanol–water partition coefficient (Wildman–Crippen LogP) is 6.80. The van der Waals surface area contributed by atoms with Gasteiger partial charge < -0.3 is 11.1 Å². The molecule has 1 amide bonds. The van der Waals surface area contributed by atoms with E-state index in [4.69, 9.17) is 5.73 Å². The monoisotopic (exact) mass is 388 g/mol. The van der Waals surface area contributed by atoms with E-state index in [0.29, 0.717) is 6.42 Å². The summed E-state index contributed by atoms with van der Waals surface area (Å²) < 4.78 is 0. The van der Waals surface area contributed by atoms with Crippen molar-refractivity contribution in [2.75, 3.05) is 12.3 Å². The Balaban J connectivity index is 1.80. The van der Waals surface area contributed by atoms with E-state index in [1.54, 1.807) is 0 Å². The maximum atomic E-state index is 11.9. The normalized spacial score (nSPS) is 10.9. The lowest BCUT2D eigenvalue weighted by molar-refractivity contribution is -0.121. The molecule has 0 heterocycles. The van der Waals surface area contributed by atoms with Gasteiger partial charge in [0.05, 0.1) is 0 Å². The average molecular weight is 389 g/mol. The minimum absolute atomic E-state index is 0.150. The number of anilines is 1. The number of nitrogens with one attached hydrogen (secondary N) is 1. The number of unbranched alkanes of at least 4 members (excludes halogenated alkanes) is 13. The molecule has 0 fully saturated rings. The molecule has 0 unspecified atom stereocenters. The number of benzene rings is 1. The molecule has 3 heteroatoms. The third-order valence-corrected chi connectivity index (χ3v) is 5.44. The van der Waals surface area contributed by atoms with E-state index in [2.05, 4.69) is 12.2 Å². The molecular formula is C25H44N2O. The second-order valence-corrected chi connectivity index (χ2v) is 8.19. The van der Waals surface area contributed by atoms with E-state index in [1.165, 1.54) is 83.5 Å². The summed E-state index contributed by atoms with van der Waals surface area (Å²) in [6, 6.07) is 7.79. The van der Waals surface area contributed by atoms with Crippen LogP contribution in [0.1, 0.15) is 109 Å². The molecule has 28 heavy (non-hydrogen) atoms. The van der Waals surface area contributed by atoms with Crippen LogP contribution in [0.3, 0.4) is 0 Å². The molecule has 0 spiro atoms. The first-order chi connectivity index (χ1) is 13.7. The molecule has 0 aromatic heterocycles. The minimum atomic E-state index is 0.150. The average Bonchev–Trinajstić information content (AvgIpc) is 2.69. The van der Waals surface area contributed by atoms with E-state index >= 15 is 0 Å². The smallest absolute Gasteiger partial charge is 0.220 e. The summed E-state index contributed by atoms with van der Waals surface area (Å²) in [5.74, 6) is 0.150. The molecule has 0 atom stereocenters. The van der Waals surface area contributed by atoms with Gasteiger partial charge in [0.2, 0.25) is 5.91 Å². The van der Waals surface area contributed by atoms with Crippen LogP contribution in [0.5, 0.6) is 0 Å². The number of amides is 1. The molecule has 0 saturated carbocycles. The second kappa shape index (κ2) is 17.6. The topological polar surface area (TPSA) is 55.1 Å². The Morgan fingerprint density at radius 1 is 0.821 bits per heavy atom. The van der Waals surface area contributed by atoms with Gasteiger partial charge in [0.25, 0.3) is 0 Å². The Morgan fingerprint density at radius 2 is 1.36 bits per heavy atom. The fourth-order valence-corrected chi connectivity index (χ4v) is 3.64. The van der Waals surface area contributed by atoms with Crippen LogP contribution >= 0.6 is 0 Å². The van der Waals surface area contributed by atoms with Crippen LogP contribution in [-0.4, -0.2) is 12.5 Å². The van der Waals surface area contributed by atoms with Crippen molar-refractivity contribution < 1.29 is 4.79 Å². The summed E-state index contributed by atoms with van der Waals surface area (Å²) in [4.78, 5) is 11.9. The van der Waals surface area contributed by atoms with Crippen LogP contribution < -0.4 is 11.1 Å². The Bertz CT molecular complexity index is 501. The van der Waals surface area contributed by atoms with Crippen molar-refractivity contribution >= 4 is 11.6 Å². The fourth-order valence-electron chi connectivity index (χ4n) is 3.64. The third kappa shape index (κ3) is 14.5. The van der Waals surface area contributed by atoms with Gasteiger partial charge in [0.1, 0.15) is 0 Å². The quantitative estimate of drug-likeness (QED) is 0.215. The molecule has 0 radical (unpaired) electrons. The summed E-state index contributed by atoms with van der Waals surface area (Å²) in [6.07, 6.45) is 20.4. The standard InChI is InChI=1S/C25H44N2O/c1-2-3-4-5-6-7-8-9-10-11-12-13-14-15-21-27-25(28)20-19-23-17-16-18-24(26)22-23/h16-18,22H,2-15,19-21,26H2,1H3,(H,27,28). The lowest BCUT2D eigenvalue weighted by atomic mass is 10.0. The number of nitrogens with two attached hydrogens (primary N) is 1. The molecule has 1 aromatic rings. The summed E-state index contributed by atoms with van der Waals surface area (Å²) in [5, 5.41) is 3.04. The highest BCUT2D eigenvalue weighted by Gasteiger charge is 2.02. The molecule has 3 N–H and O–H groups in total. The van der Waals surface area contributed by atoms with Crippen LogP contribution in [0, 0.1) is 0 Å². The van der Waals surface area contributed by atoms with E-state index in [1.807, 2.05) is 24.3 Å². The van der Waals surface area contributed by atoms with Gasteiger partial charge in [-0.3, -0.25) is 4.79 Å². The first kappa shape index (κ1) is 24.5. The summed E-state index contributed by atoms with van der Waals surface area (Å²) in [5.41, 5.74) is 7.66. The van der Waals surface area contributed by atoms with Crippen LogP contribution in [0.15, 0.2) is 24.3 Å². The lowest BCUT2D eigenvalue weighted by Crippen LogP contribution is -2.24. The van der Waals surface area contributed by atoms with Crippen molar-refractivity contribution in [1.29, 1.82) is 0 Å². The summed E-state index contributed by atoms with van der Waals surface area (Å²) in [7, 11) is 0. The van der Waals surface area contributed by atoms with E-state index in [0.717, 1.165) is 30.6 Å². The number of nitrogen functional groups attached to an aromatic ring is 1. The molecular weight excluding hydrogens is 344 g/mol. The number of aryl methyl sites for hydroxylation is 1. The third-order valence-electron chi connectivity index (χ3n) is 5.44. The van der Waals surface area contributed by atoms with Crippen LogP contribution in [0.4, 0.5) is 5.69 Å². The van der Waals surface area contributed by atoms with Crippen molar-refractivity contribution in [1.82, 2.24) is 5.32 Å². The highest BCUT2D eigenvalue weighted by molar-refractivity contribution is 5.76. The van der Waals surface area contributed by atoms with Crippen molar-refractivity contribution in [2.24, 2.45) is 0 Å². The minimum Gasteiger partial charge on any atom is -0.399 e. The van der Waals surface area contributed by atoms with Gasteiger partial charge in [-0.25, -0.2) is 0 Å². The molecule has 0 aliphatic rings. The molecule has 0 aliphatic heterocycles. The molecule has 0 aliphatic carbocycles. The van der Waals surface area contributed by atoms with Gasteiger partial charge in [-0.1, -0.05) is 103 Å². The number of carbonyl (C=O) groups excluding carboxylic acids is 1. The van der Waals surface area contributed by atoms with Crippen LogP contribution in [0.25, 0.3) is 0 Å². The number of hydrogen-bond donors (Lipinski definition) is 2. The van der Waals surface area contributed by atoms with Gasteiger partial charge in [-0.05, 0) is 30.5 Å². The Hall–Kier alpha value is -1.51. The lowest BCUT2D eigenvalue weighted by Gasteiger charge is -2.06. The summed E-state index contributed by atoms with van der Waals surface area (Å²) in [6.45, 7) is 3.09. The Morgan fingerprint density at radius 3 is 1.89 bits per heavy atom. The van der Waals surface area contributed by atoms with Crippen molar-refractivity contribution in [3.8, 4) is 0 Å². The van der Waals surface area contributed by atoms with Crippen molar-refractivity contribution in [3.05, 3.63) is 29.8 Å². The van der Waals surface area contributed by atoms with Crippen molar-refractivity contribution in [3.63, 3.8) is 0 Å². The van der Waals surface area contributed by atoms with E-state index in [9.17, 15) is 4.79 Å². The predicted molar refractivity (Wildman–Crippen MR) is 122 cm³/mol.